The maximum absolute atomic E-state index is 8.66. The van der Waals surface area contributed by atoms with Crippen molar-refractivity contribution in [3.63, 3.8) is 0 Å². The summed E-state index contributed by atoms with van der Waals surface area (Å²) in [4.78, 5) is 0. The third-order valence-electron chi connectivity index (χ3n) is 2.11. The third kappa shape index (κ3) is 6.32. The lowest BCUT2D eigenvalue weighted by Crippen LogP contribution is -2.12. The Morgan fingerprint density at radius 1 is 1.00 bits per heavy atom. The van der Waals surface area contributed by atoms with E-state index in [-0.39, 0.29) is 0 Å². The van der Waals surface area contributed by atoms with Gasteiger partial charge in [0.1, 0.15) is 0 Å². The Morgan fingerprint density at radius 2 is 1.55 bits per heavy atom. The molecule has 68 valence electrons. The minimum atomic E-state index is -1.13. The molecule has 2 N–H and O–H groups in total. The summed E-state index contributed by atoms with van der Waals surface area (Å²) in [6, 6.07) is 0. The van der Waals surface area contributed by atoms with Crippen LogP contribution < -0.4 is 0 Å². The predicted octanol–water partition coefficient (Wildman–Crippen LogP) is 1.76. The van der Waals surface area contributed by atoms with Gasteiger partial charge in [-0.25, -0.2) is 0 Å². The van der Waals surface area contributed by atoms with Crippen LogP contribution in [0.2, 0.25) is 0 Å². The van der Waals surface area contributed by atoms with Gasteiger partial charge in [0, 0.05) is 6.42 Å². The van der Waals surface area contributed by atoms with Gasteiger partial charge in [-0.3, -0.25) is 0 Å². The molecule has 0 bridgehead atoms. The largest absolute Gasteiger partial charge is 0.368 e. The van der Waals surface area contributed by atoms with E-state index in [1.54, 1.807) is 0 Å². The van der Waals surface area contributed by atoms with Gasteiger partial charge >= 0.3 is 0 Å². The topological polar surface area (TPSA) is 40.5 Å². The molecular formula is C9H20O2. The molecule has 0 aromatic heterocycles. The fraction of sp³-hybridized carbons (Fsp3) is 1.00. The molecule has 0 aromatic carbocycles. The monoisotopic (exact) mass is 160 g/mol. The van der Waals surface area contributed by atoms with Gasteiger partial charge in [-0.1, -0.05) is 27.2 Å². The van der Waals surface area contributed by atoms with Gasteiger partial charge in [0.2, 0.25) is 0 Å². The molecule has 0 saturated carbocycles. The zero-order chi connectivity index (χ0) is 8.85. The molecule has 0 aromatic rings. The summed E-state index contributed by atoms with van der Waals surface area (Å²) in [6.07, 6.45) is 1.64. The molecule has 0 rings (SSSR count). The maximum Gasteiger partial charge on any atom is 0.151 e. The summed E-state index contributed by atoms with van der Waals surface area (Å²) in [7, 11) is 0. The van der Waals surface area contributed by atoms with Crippen LogP contribution >= 0.6 is 0 Å². The van der Waals surface area contributed by atoms with Crippen LogP contribution in [0.1, 0.15) is 40.0 Å². The Bertz CT molecular complexity index is 91.6. The Hall–Kier alpha value is -0.0800. The van der Waals surface area contributed by atoms with E-state index in [1.165, 1.54) is 6.42 Å². The smallest absolute Gasteiger partial charge is 0.151 e. The van der Waals surface area contributed by atoms with E-state index in [4.69, 9.17) is 10.2 Å². The van der Waals surface area contributed by atoms with E-state index < -0.39 is 6.29 Å². The predicted molar refractivity (Wildman–Crippen MR) is 46.1 cm³/mol. The molecule has 0 radical (unpaired) electrons. The van der Waals surface area contributed by atoms with Gasteiger partial charge in [-0.15, -0.1) is 0 Å². The average Bonchev–Trinajstić information content (AvgIpc) is 1.85. The fourth-order valence-corrected chi connectivity index (χ4v) is 1.31. The normalized spacial score (nSPS) is 16.9. The van der Waals surface area contributed by atoms with Crippen LogP contribution in [0.4, 0.5) is 0 Å². The van der Waals surface area contributed by atoms with Crippen LogP contribution in [0.3, 0.4) is 0 Å². The Balaban J connectivity index is 3.43. The molecule has 0 aliphatic carbocycles. The second-order valence-electron chi connectivity index (χ2n) is 3.57. The fourth-order valence-electron chi connectivity index (χ4n) is 1.31. The molecule has 0 spiro atoms. The lowest BCUT2D eigenvalue weighted by atomic mass is 9.93. The highest BCUT2D eigenvalue weighted by molar-refractivity contribution is 4.58. The second kappa shape index (κ2) is 5.56. The first-order valence-electron chi connectivity index (χ1n) is 4.42. The molecular weight excluding hydrogens is 140 g/mol. The zero-order valence-corrected chi connectivity index (χ0v) is 7.75. The first-order valence-corrected chi connectivity index (χ1v) is 4.42. The van der Waals surface area contributed by atoms with Gasteiger partial charge in [-0.2, -0.15) is 0 Å². The molecule has 2 heteroatoms. The molecule has 0 heterocycles. The highest BCUT2D eigenvalue weighted by Gasteiger charge is 2.10. The van der Waals surface area contributed by atoms with E-state index in [2.05, 4.69) is 20.8 Å². The van der Waals surface area contributed by atoms with E-state index in [9.17, 15) is 0 Å². The quantitative estimate of drug-likeness (QED) is 0.602. The van der Waals surface area contributed by atoms with Crippen molar-refractivity contribution in [1.29, 1.82) is 0 Å². The number of hydrogen-bond donors (Lipinski definition) is 2. The standard InChI is InChI=1S/C9H20O2/c1-4-7(2)5-8(3)6-9(10)11/h7-11H,4-6H2,1-3H3. The Kier molecular flexibility index (Phi) is 5.51. The van der Waals surface area contributed by atoms with Crippen LogP contribution in [0.5, 0.6) is 0 Å². The zero-order valence-electron chi connectivity index (χ0n) is 7.75. The van der Waals surface area contributed by atoms with E-state index in [0.717, 1.165) is 6.42 Å². The molecule has 0 aliphatic rings. The van der Waals surface area contributed by atoms with Gasteiger partial charge in [0.15, 0.2) is 6.29 Å². The first-order chi connectivity index (χ1) is 5.06. The lowest BCUT2D eigenvalue weighted by molar-refractivity contribution is -0.0559. The van der Waals surface area contributed by atoms with Crippen LogP contribution in [-0.4, -0.2) is 16.5 Å². The molecule has 0 fully saturated rings. The van der Waals surface area contributed by atoms with E-state index >= 15 is 0 Å². The summed E-state index contributed by atoms with van der Waals surface area (Å²) in [6.45, 7) is 6.42. The van der Waals surface area contributed by atoms with E-state index in [0.29, 0.717) is 18.3 Å². The van der Waals surface area contributed by atoms with Crippen molar-refractivity contribution < 1.29 is 10.2 Å². The molecule has 0 saturated heterocycles. The molecule has 0 amide bonds. The van der Waals surface area contributed by atoms with Crippen molar-refractivity contribution in [3.05, 3.63) is 0 Å². The van der Waals surface area contributed by atoms with Crippen molar-refractivity contribution >= 4 is 0 Å². The average molecular weight is 160 g/mol. The SMILES string of the molecule is CCC(C)CC(C)CC(O)O. The summed E-state index contributed by atoms with van der Waals surface area (Å²) >= 11 is 0. The van der Waals surface area contributed by atoms with Crippen LogP contribution in [-0.2, 0) is 0 Å². The van der Waals surface area contributed by atoms with Crippen LogP contribution in [0, 0.1) is 11.8 Å². The van der Waals surface area contributed by atoms with Crippen molar-refractivity contribution in [2.24, 2.45) is 11.8 Å². The van der Waals surface area contributed by atoms with Gasteiger partial charge < -0.3 is 10.2 Å². The minimum absolute atomic E-state index is 0.421. The number of aliphatic hydroxyl groups excluding tert-OH is 1. The van der Waals surface area contributed by atoms with Crippen molar-refractivity contribution in [2.75, 3.05) is 0 Å². The molecule has 2 unspecified atom stereocenters. The first kappa shape index (κ1) is 10.9. The third-order valence-corrected chi connectivity index (χ3v) is 2.11. The van der Waals surface area contributed by atoms with Gasteiger partial charge in [0.05, 0.1) is 0 Å². The molecule has 2 nitrogen and oxygen atoms in total. The van der Waals surface area contributed by atoms with Gasteiger partial charge in [-0.05, 0) is 18.3 Å². The van der Waals surface area contributed by atoms with Gasteiger partial charge in [0.25, 0.3) is 0 Å². The summed E-state index contributed by atoms with van der Waals surface area (Å²) < 4.78 is 0. The number of aliphatic hydroxyl groups is 2. The summed E-state index contributed by atoms with van der Waals surface area (Å²) in [5, 5.41) is 17.3. The molecule has 11 heavy (non-hydrogen) atoms. The van der Waals surface area contributed by atoms with Crippen LogP contribution in [0.15, 0.2) is 0 Å². The minimum Gasteiger partial charge on any atom is -0.368 e. The van der Waals surface area contributed by atoms with Crippen molar-refractivity contribution in [1.82, 2.24) is 0 Å². The molecule has 2 atom stereocenters. The van der Waals surface area contributed by atoms with Crippen molar-refractivity contribution in [2.45, 2.75) is 46.3 Å². The van der Waals surface area contributed by atoms with E-state index in [1.807, 2.05) is 0 Å². The van der Waals surface area contributed by atoms with Crippen LogP contribution in [0.25, 0.3) is 0 Å². The number of rotatable bonds is 5. The lowest BCUT2D eigenvalue weighted by Gasteiger charge is -2.16. The summed E-state index contributed by atoms with van der Waals surface area (Å²) in [5.41, 5.74) is 0. The maximum atomic E-state index is 8.66. The summed E-state index contributed by atoms with van der Waals surface area (Å²) in [5.74, 6) is 1.12. The Labute approximate surface area is 69.2 Å². The highest BCUT2D eigenvalue weighted by atomic mass is 16.5. The number of hydrogen-bond acceptors (Lipinski definition) is 2. The molecule has 0 aliphatic heterocycles. The van der Waals surface area contributed by atoms with Crippen molar-refractivity contribution in [3.8, 4) is 0 Å². The highest BCUT2D eigenvalue weighted by Crippen LogP contribution is 2.18. The Morgan fingerprint density at radius 3 is 1.91 bits per heavy atom. The second-order valence-corrected chi connectivity index (χ2v) is 3.57.